The van der Waals surface area contributed by atoms with Crippen LogP contribution in [0, 0.1) is 17.8 Å². The number of amides is 1. The minimum atomic E-state index is -0.264. The van der Waals surface area contributed by atoms with Crippen LogP contribution in [0.15, 0.2) is 0 Å². The second kappa shape index (κ2) is 5.64. The summed E-state index contributed by atoms with van der Waals surface area (Å²) in [4.78, 5) is 14.0. The molecule has 0 aromatic heterocycles. The normalized spacial score (nSPS) is 28.2. The predicted octanol–water partition coefficient (Wildman–Crippen LogP) is 0.447. The predicted molar refractivity (Wildman–Crippen MR) is 63.8 cm³/mol. The van der Waals surface area contributed by atoms with E-state index in [1.165, 1.54) is 0 Å². The molecule has 1 aliphatic heterocycles. The van der Waals surface area contributed by atoms with Gasteiger partial charge in [-0.1, -0.05) is 20.8 Å². The van der Waals surface area contributed by atoms with Crippen LogP contribution < -0.4 is 5.73 Å². The van der Waals surface area contributed by atoms with Crippen LogP contribution in [0.2, 0.25) is 0 Å². The van der Waals surface area contributed by atoms with Gasteiger partial charge in [0.2, 0.25) is 5.91 Å². The van der Waals surface area contributed by atoms with Crippen molar-refractivity contribution in [1.82, 2.24) is 4.90 Å². The molecule has 1 rings (SSSR count). The van der Waals surface area contributed by atoms with Crippen molar-refractivity contribution in [3.8, 4) is 0 Å². The summed E-state index contributed by atoms with van der Waals surface area (Å²) in [5.74, 6) is 0.515. The first-order valence-electron chi connectivity index (χ1n) is 6.14. The highest BCUT2D eigenvalue weighted by molar-refractivity contribution is 5.79. The summed E-state index contributed by atoms with van der Waals surface area (Å²) in [6.45, 7) is 7.76. The minimum Gasteiger partial charge on any atom is -0.393 e. The van der Waals surface area contributed by atoms with Crippen molar-refractivity contribution in [3.63, 3.8) is 0 Å². The molecule has 0 aromatic rings. The quantitative estimate of drug-likeness (QED) is 0.737. The standard InChI is InChI=1S/C12H24N2O2/c1-8(2)10(6-13)12(16)14-5-4-11(15)9(3)7-14/h8-11,15H,4-7,13H2,1-3H3. The van der Waals surface area contributed by atoms with Gasteiger partial charge in [0, 0.05) is 19.6 Å². The van der Waals surface area contributed by atoms with Gasteiger partial charge < -0.3 is 15.7 Å². The molecule has 1 saturated heterocycles. The van der Waals surface area contributed by atoms with E-state index in [2.05, 4.69) is 0 Å². The number of aliphatic hydroxyl groups is 1. The number of likely N-dealkylation sites (tertiary alicyclic amines) is 1. The Balaban J connectivity index is 2.60. The zero-order valence-electron chi connectivity index (χ0n) is 10.5. The van der Waals surface area contributed by atoms with Gasteiger partial charge in [0.25, 0.3) is 0 Å². The van der Waals surface area contributed by atoms with Gasteiger partial charge in [-0.15, -0.1) is 0 Å². The topological polar surface area (TPSA) is 66.6 Å². The molecule has 3 unspecified atom stereocenters. The molecule has 0 aliphatic carbocycles. The van der Waals surface area contributed by atoms with Crippen LogP contribution in [0.5, 0.6) is 0 Å². The van der Waals surface area contributed by atoms with E-state index in [-0.39, 0.29) is 29.8 Å². The number of rotatable bonds is 3. The first-order valence-corrected chi connectivity index (χ1v) is 6.14. The highest BCUT2D eigenvalue weighted by Crippen LogP contribution is 2.20. The molecule has 1 aliphatic rings. The van der Waals surface area contributed by atoms with E-state index in [9.17, 15) is 9.90 Å². The molecule has 1 amide bonds. The number of carbonyl (C=O) groups excluding carboxylic acids is 1. The van der Waals surface area contributed by atoms with Crippen molar-refractivity contribution in [2.24, 2.45) is 23.5 Å². The summed E-state index contributed by atoms with van der Waals surface area (Å²) in [5.41, 5.74) is 5.65. The molecule has 94 valence electrons. The van der Waals surface area contributed by atoms with Crippen molar-refractivity contribution in [1.29, 1.82) is 0 Å². The van der Waals surface area contributed by atoms with Gasteiger partial charge in [-0.05, 0) is 18.3 Å². The summed E-state index contributed by atoms with van der Waals surface area (Å²) < 4.78 is 0. The minimum absolute atomic E-state index is 0.0811. The van der Waals surface area contributed by atoms with E-state index in [1.54, 1.807) is 0 Å². The maximum Gasteiger partial charge on any atom is 0.227 e. The summed E-state index contributed by atoms with van der Waals surface area (Å²) in [7, 11) is 0. The molecule has 1 heterocycles. The molecule has 3 atom stereocenters. The molecule has 0 bridgehead atoms. The Morgan fingerprint density at radius 3 is 2.62 bits per heavy atom. The van der Waals surface area contributed by atoms with Gasteiger partial charge in [0.15, 0.2) is 0 Å². The lowest BCUT2D eigenvalue weighted by molar-refractivity contribution is -0.140. The van der Waals surface area contributed by atoms with Gasteiger partial charge in [0.05, 0.1) is 12.0 Å². The first-order chi connectivity index (χ1) is 7.47. The Morgan fingerprint density at radius 2 is 2.19 bits per heavy atom. The van der Waals surface area contributed by atoms with E-state index < -0.39 is 0 Å². The lowest BCUT2D eigenvalue weighted by Crippen LogP contribution is -2.49. The van der Waals surface area contributed by atoms with Crippen molar-refractivity contribution in [2.75, 3.05) is 19.6 Å². The van der Waals surface area contributed by atoms with Crippen LogP contribution in [0.1, 0.15) is 27.2 Å². The third-order valence-electron chi connectivity index (χ3n) is 3.55. The second-order valence-electron chi connectivity index (χ2n) is 5.20. The fraction of sp³-hybridized carbons (Fsp3) is 0.917. The van der Waals surface area contributed by atoms with E-state index in [4.69, 9.17) is 5.73 Å². The van der Waals surface area contributed by atoms with Crippen molar-refractivity contribution >= 4 is 5.91 Å². The van der Waals surface area contributed by atoms with Gasteiger partial charge in [0.1, 0.15) is 0 Å². The van der Waals surface area contributed by atoms with E-state index in [0.29, 0.717) is 26.1 Å². The number of hydrogen-bond acceptors (Lipinski definition) is 3. The number of carbonyl (C=O) groups is 1. The molecule has 0 spiro atoms. The third-order valence-corrected chi connectivity index (χ3v) is 3.55. The first kappa shape index (κ1) is 13.5. The molecular weight excluding hydrogens is 204 g/mol. The SMILES string of the molecule is CC(C)C(CN)C(=O)N1CCC(O)C(C)C1. The molecule has 1 fully saturated rings. The van der Waals surface area contributed by atoms with Gasteiger partial charge in [-0.2, -0.15) is 0 Å². The monoisotopic (exact) mass is 228 g/mol. The summed E-state index contributed by atoms with van der Waals surface area (Å²) in [6.07, 6.45) is 0.418. The zero-order chi connectivity index (χ0) is 12.3. The number of piperidine rings is 1. The molecule has 4 nitrogen and oxygen atoms in total. The molecule has 0 aromatic carbocycles. The largest absolute Gasteiger partial charge is 0.393 e. The van der Waals surface area contributed by atoms with Crippen molar-refractivity contribution in [2.45, 2.75) is 33.3 Å². The van der Waals surface area contributed by atoms with Crippen LogP contribution in [-0.4, -0.2) is 41.7 Å². The average molecular weight is 228 g/mol. The van der Waals surface area contributed by atoms with Gasteiger partial charge in [-0.3, -0.25) is 4.79 Å². The van der Waals surface area contributed by atoms with Crippen LogP contribution >= 0.6 is 0 Å². The summed E-state index contributed by atoms with van der Waals surface area (Å²) in [6, 6.07) is 0. The van der Waals surface area contributed by atoms with Crippen LogP contribution in [0.3, 0.4) is 0 Å². The van der Waals surface area contributed by atoms with Crippen molar-refractivity contribution < 1.29 is 9.90 Å². The summed E-state index contributed by atoms with van der Waals surface area (Å²) >= 11 is 0. The number of nitrogens with zero attached hydrogens (tertiary/aromatic N) is 1. The zero-order valence-corrected chi connectivity index (χ0v) is 10.5. The lowest BCUT2D eigenvalue weighted by Gasteiger charge is -2.36. The Bertz CT molecular complexity index is 243. The van der Waals surface area contributed by atoms with Gasteiger partial charge in [-0.25, -0.2) is 0 Å². The molecule has 4 heteroatoms. The Kier molecular flexibility index (Phi) is 4.74. The highest BCUT2D eigenvalue weighted by Gasteiger charge is 2.31. The third kappa shape index (κ3) is 2.95. The second-order valence-corrected chi connectivity index (χ2v) is 5.20. The summed E-state index contributed by atoms with van der Waals surface area (Å²) in [5, 5.41) is 9.62. The van der Waals surface area contributed by atoms with Crippen LogP contribution in [0.25, 0.3) is 0 Å². The highest BCUT2D eigenvalue weighted by atomic mass is 16.3. The number of aliphatic hydroxyl groups excluding tert-OH is 1. The van der Waals surface area contributed by atoms with E-state index >= 15 is 0 Å². The smallest absolute Gasteiger partial charge is 0.227 e. The molecule has 16 heavy (non-hydrogen) atoms. The maximum atomic E-state index is 12.2. The Labute approximate surface area is 97.8 Å². The molecule has 0 radical (unpaired) electrons. The Morgan fingerprint density at radius 1 is 1.56 bits per heavy atom. The van der Waals surface area contributed by atoms with Gasteiger partial charge >= 0.3 is 0 Å². The van der Waals surface area contributed by atoms with E-state index in [1.807, 2.05) is 25.7 Å². The van der Waals surface area contributed by atoms with Crippen LogP contribution in [0.4, 0.5) is 0 Å². The van der Waals surface area contributed by atoms with Crippen molar-refractivity contribution in [3.05, 3.63) is 0 Å². The molecular formula is C12H24N2O2. The average Bonchev–Trinajstić information content (AvgIpc) is 2.22. The van der Waals surface area contributed by atoms with Crippen LogP contribution in [-0.2, 0) is 4.79 Å². The fourth-order valence-corrected chi connectivity index (χ4v) is 2.23. The molecule has 0 saturated carbocycles. The molecule has 3 N–H and O–H groups in total. The number of hydrogen-bond donors (Lipinski definition) is 2. The van der Waals surface area contributed by atoms with E-state index in [0.717, 1.165) is 0 Å². The maximum absolute atomic E-state index is 12.2. The Hall–Kier alpha value is -0.610. The lowest BCUT2D eigenvalue weighted by atomic mass is 9.91. The number of nitrogens with two attached hydrogens (primary N) is 1. The fourth-order valence-electron chi connectivity index (χ4n) is 2.23.